The minimum atomic E-state index is 0.175. The second-order valence-corrected chi connectivity index (χ2v) is 8.86. The third kappa shape index (κ3) is 3.73. The Balaban J connectivity index is 1.42. The number of pyridine rings is 1. The summed E-state index contributed by atoms with van der Waals surface area (Å²) in [6, 6.07) is 8.36. The van der Waals surface area contributed by atoms with Crippen molar-refractivity contribution < 1.29 is 14.0 Å². The van der Waals surface area contributed by atoms with Gasteiger partial charge in [0.2, 0.25) is 5.88 Å². The number of hydrogen-bond donors (Lipinski definition) is 0. The van der Waals surface area contributed by atoms with E-state index in [1.807, 2.05) is 25.6 Å². The first-order chi connectivity index (χ1) is 15.5. The summed E-state index contributed by atoms with van der Waals surface area (Å²) in [5, 5.41) is 0. The number of hydrogen-bond acceptors (Lipinski definition) is 5. The third-order valence-corrected chi connectivity index (χ3v) is 6.77. The Morgan fingerprint density at radius 1 is 1.12 bits per heavy atom. The monoisotopic (exact) mass is 431 g/mol. The lowest BCUT2D eigenvalue weighted by molar-refractivity contribution is -0.680. The summed E-state index contributed by atoms with van der Waals surface area (Å²) >= 11 is 0. The van der Waals surface area contributed by atoms with E-state index in [2.05, 4.69) is 58.4 Å². The van der Waals surface area contributed by atoms with Gasteiger partial charge in [-0.3, -0.25) is 0 Å². The molecule has 0 amide bonds. The van der Waals surface area contributed by atoms with Gasteiger partial charge in [-0.1, -0.05) is 11.1 Å². The van der Waals surface area contributed by atoms with Crippen LogP contribution in [0.4, 0.5) is 5.69 Å². The maximum absolute atomic E-state index is 6.31. The van der Waals surface area contributed by atoms with Crippen molar-refractivity contribution in [2.24, 2.45) is 7.05 Å². The van der Waals surface area contributed by atoms with Gasteiger partial charge in [0.15, 0.2) is 5.69 Å². The highest BCUT2D eigenvalue weighted by Gasteiger charge is 2.30. The lowest BCUT2D eigenvalue weighted by Gasteiger charge is -2.33. The predicted octanol–water partition coefficient (Wildman–Crippen LogP) is 4.57. The third-order valence-electron chi connectivity index (χ3n) is 6.77. The summed E-state index contributed by atoms with van der Waals surface area (Å²) in [4.78, 5) is 11.5. The smallest absolute Gasteiger partial charge is 0.286 e. The number of rotatable bonds is 4. The van der Waals surface area contributed by atoms with Crippen molar-refractivity contribution in [1.82, 2.24) is 9.97 Å². The lowest BCUT2D eigenvalue weighted by Crippen LogP contribution is -2.38. The Bertz CT molecular complexity index is 1150. The molecule has 6 heteroatoms. The first-order valence-electron chi connectivity index (χ1n) is 11.5. The molecule has 0 saturated carbocycles. The quantitative estimate of drug-likeness (QED) is 0.566. The highest BCUT2D eigenvalue weighted by molar-refractivity contribution is 5.71. The molecule has 0 aliphatic carbocycles. The standard InChI is InChI=1S/C26H31N4O2/c1-17-15-20(8-9-21(17)25-18(2)28-16-29(4)19(25)3)32-26-22-11-13-30(23(22)10-12-27-26)24-7-5-6-14-31-24/h8-10,12,15-16,24H,5-7,11,13-14H2,1-4H3/q+1. The molecule has 32 heavy (non-hydrogen) atoms. The Labute approximate surface area is 189 Å². The Morgan fingerprint density at radius 2 is 2.00 bits per heavy atom. The molecule has 4 heterocycles. The molecule has 0 radical (unpaired) electrons. The van der Waals surface area contributed by atoms with E-state index in [9.17, 15) is 0 Å². The second-order valence-electron chi connectivity index (χ2n) is 8.86. The number of aromatic nitrogens is 3. The molecule has 2 aliphatic heterocycles. The maximum atomic E-state index is 6.31. The van der Waals surface area contributed by atoms with Crippen LogP contribution in [0.2, 0.25) is 0 Å². The Morgan fingerprint density at radius 3 is 2.78 bits per heavy atom. The van der Waals surface area contributed by atoms with E-state index in [1.165, 1.54) is 34.5 Å². The van der Waals surface area contributed by atoms with Gasteiger partial charge in [0.1, 0.15) is 17.7 Å². The van der Waals surface area contributed by atoms with Crippen LogP contribution in [0.15, 0.2) is 36.8 Å². The molecule has 1 unspecified atom stereocenters. The summed E-state index contributed by atoms with van der Waals surface area (Å²) in [6.07, 6.45) is 8.29. The van der Waals surface area contributed by atoms with Gasteiger partial charge in [0.05, 0.1) is 12.6 Å². The van der Waals surface area contributed by atoms with E-state index >= 15 is 0 Å². The maximum Gasteiger partial charge on any atom is 0.286 e. The first-order valence-corrected chi connectivity index (χ1v) is 11.5. The van der Waals surface area contributed by atoms with Crippen LogP contribution < -0.4 is 14.2 Å². The fourth-order valence-corrected chi connectivity index (χ4v) is 4.92. The fraction of sp³-hybridized carbons (Fsp3) is 0.423. The van der Waals surface area contributed by atoms with Crippen LogP contribution in [-0.2, 0) is 18.2 Å². The number of nitrogens with zero attached hydrogens (tertiary/aromatic N) is 4. The molecule has 3 aromatic rings. The molecule has 1 saturated heterocycles. The van der Waals surface area contributed by atoms with E-state index in [0.29, 0.717) is 5.88 Å². The van der Waals surface area contributed by atoms with Crippen molar-refractivity contribution in [3.8, 4) is 22.8 Å². The van der Waals surface area contributed by atoms with Crippen LogP contribution in [0, 0.1) is 20.8 Å². The van der Waals surface area contributed by atoms with Crippen molar-refractivity contribution >= 4 is 5.69 Å². The van der Waals surface area contributed by atoms with Crippen molar-refractivity contribution in [3.05, 3.63) is 59.3 Å². The van der Waals surface area contributed by atoms with Gasteiger partial charge >= 0.3 is 0 Å². The van der Waals surface area contributed by atoms with Gasteiger partial charge in [-0.15, -0.1) is 0 Å². The minimum Gasteiger partial charge on any atom is -0.439 e. The van der Waals surface area contributed by atoms with E-state index in [0.717, 1.165) is 49.4 Å². The van der Waals surface area contributed by atoms with Gasteiger partial charge < -0.3 is 14.4 Å². The fourth-order valence-electron chi connectivity index (χ4n) is 4.92. The summed E-state index contributed by atoms with van der Waals surface area (Å²) < 4.78 is 14.4. The average molecular weight is 432 g/mol. The van der Waals surface area contributed by atoms with Crippen molar-refractivity contribution in [3.63, 3.8) is 0 Å². The average Bonchev–Trinajstić information content (AvgIpc) is 3.24. The molecule has 6 nitrogen and oxygen atoms in total. The largest absolute Gasteiger partial charge is 0.439 e. The molecule has 166 valence electrons. The zero-order chi connectivity index (χ0) is 22.2. The topological polar surface area (TPSA) is 51.4 Å². The molecular weight excluding hydrogens is 400 g/mol. The molecule has 1 aromatic carbocycles. The molecule has 1 atom stereocenters. The number of ether oxygens (including phenoxy) is 2. The van der Waals surface area contributed by atoms with E-state index < -0.39 is 0 Å². The van der Waals surface area contributed by atoms with Gasteiger partial charge in [-0.05, 0) is 68.9 Å². The van der Waals surface area contributed by atoms with Crippen LogP contribution in [0.3, 0.4) is 0 Å². The highest BCUT2D eigenvalue weighted by atomic mass is 16.5. The van der Waals surface area contributed by atoms with Crippen molar-refractivity contribution in [2.75, 3.05) is 18.1 Å². The number of anilines is 1. The van der Waals surface area contributed by atoms with Crippen LogP contribution in [-0.4, -0.2) is 29.3 Å². The number of fused-ring (bicyclic) bond motifs is 1. The molecule has 5 rings (SSSR count). The van der Waals surface area contributed by atoms with Gasteiger partial charge in [-0.25, -0.2) is 9.55 Å². The van der Waals surface area contributed by atoms with Gasteiger partial charge in [0, 0.05) is 37.5 Å². The number of benzene rings is 1. The van der Waals surface area contributed by atoms with Crippen LogP contribution >= 0.6 is 0 Å². The molecule has 2 aromatic heterocycles. The van der Waals surface area contributed by atoms with Crippen LogP contribution in [0.1, 0.15) is 41.8 Å². The second kappa shape index (κ2) is 8.51. The lowest BCUT2D eigenvalue weighted by atomic mass is 9.98. The molecule has 0 spiro atoms. The zero-order valence-electron chi connectivity index (χ0n) is 19.4. The molecule has 0 N–H and O–H groups in total. The van der Waals surface area contributed by atoms with E-state index in [4.69, 9.17) is 9.47 Å². The highest BCUT2D eigenvalue weighted by Crippen LogP contribution is 2.39. The molecule has 0 bridgehead atoms. The summed E-state index contributed by atoms with van der Waals surface area (Å²) in [6.45, 7) is 8.12. The Kier molecular flexibility index (Phi) is 5.55. The molecule has 1 fully saturated rings. The summed E-state index contributed by atoms with van der Waals surface area (Å²) in [7, 11) is 2.03. The molecular formula is C26H31N4O2+. The van der Waals surface area contributed by atoms with Crippen LogP contribution in [0.25, 0.3) is 11.1 Å². The SMILES string of the molecule is Cc1cc(Oc2nccc3c2CCN3C2CCCCO2)ccc1-c1c(C)nc[n+](C)c1C. The van der Waals surface area contributed by atoms with E-state index in [-0.39, 0.29) is 6.23 Å². The normalized spacial score (nSPS) is 18.0. The summed E-state index contributed by atoms with van der Waals surface area (Å²) in [5.74, 6) is 1.51. The zero-order valence-corrected chi connectivity index (χ0v) is 19.4. The van der Waals surface area contributed by atoms with Gasteiger partial charge in [0.25, 0.3) is 6.33 Å². The van der Waals surface area contributed by atoms with Crippen molar-refractivity contribution in [2.45, 2.75) is 52.7 Å². The predicted molar refractivity (Wildman–Crippen MR) is 124 cm³/mol. The van der Waals surface area contributed by atoms with Crippen LogP contribution in [0.5, 0.6) is 11.6 Å². The molecule has 2 aliphatic rings. The number of aryl methyl sites for hydroxylation is 3. The van der Waals surface area contributed by atoms with Gasteiger partial charge in [-0.2, -0.15) is 0 Å². The first kappa shape index (κ1) is 20.9. The Hall–Kier alpha value is -2.99. The van der Waals surface area contributed by atoms with Crippen molar-refractivity contribution in [1.29, 1.82) is 0 Å². The van der Waals surface area contributed by atoms with E-state index in [1.54, 1.807) is 0 Å². The minimum absolute atomic E-state index is 0.175. The summed E-state index contributed by atoms with van der Waals surface area (Å²) in [5.41, 5.74) is 8.13.